The molecule has 2 aromatic heterocycles. The summed E-state index contributed by atoms with van der Waals surface area (Å²) in [5.74, 6) is 1.08. The van der Waals surface area contributed by atoms with Crippen LogP contribution in [-0.2, 0) is 0 Å². The molecule has 0 unspecified atom stereocenters. The Morgan fingerprint density at radius 3 is 3.18 bits per heavy atom. The van der Waals surface area contributed by atoms with E-state index in [0.717, 1.165) is 18.4 Å². The molecule has 6 nitrogen and oxygen atoms in total. The number of nitrogens with zero attached hydrogens (tertiary/aromatic N) is 3. The number of aromatic nitrogens is 4. The fourth-order valence-electron chi connectivity index (χ4n) is 1.39. The van der Waals surface area contributed by atoms with Crippen LogP contribution in [0.1, 0.15) is 13.3 Å². The van der Waals surface area contributed by atoms with Crippen molar-refractivity contribution in [2.24, 2.45) is 0 Å². The minimum absolute atomic E-state index is 0.540. The van der Waals surface area contributed by atoms with Crippen LogP contribution in [0.2, 0.25) is 0 Å². The van der Waals surface area contributed by atoms with Gasteiger partial charge in [0.1, 0.15) is 5.39 Å². The predicted octanol–water partition coefficient (Wildman–Crippen LogP) is 1.74. The second-order valence-corrected chi connectivity index (χ2v) is 3.44. The van der Waals surface area contributed by atoms with Crippen LogP contribution in [0.15, 0.2) is 18.9 Å². The van der Waals surface area contributed by atoms with Crippen LogP contribution in [0.4, 0.5) is 5.95 Å². The Labute approximate surface area is 99.1 Å². The molecule has 0 aromatic carbocycles. The highest BCUT2D eigenvalue weighted by Gasteiger charge is 2.09. The van der Waals surface area contributed by atoms with E-state index in [1.54, 1.807) is 12.3 Å². The highest BCUT2D eigenvalue weighted by molar-refractivity contribution is 5.80. The van der Waals surface area contributed by atoms with E-state index in [1.807, 2.05) is 6.92 Å². The summed E-state index contributed by atoms with van der Waals surface area (Å²) >= 11 is 0. The van der Waals surface area contributed by atoms with Gasteiger partial charge in [0.15, 0.2) is 5.65 Å². The van der Waals surface area contributed by atoms with Gasteiger partial charge in [-0.2, -0.15) is 15.1 Å². The van der Waals surface area contributed by atoms with Crippen molar-refractivity contribution < 1.29 is 4.74 Å². The SMILES string of the molecule is C=CCCOc1nc(NCC)nc2[nH]ncc12. The summed E-state index contributed by atoms with van der Waals surface area (Å²) in [5.41, 5.74) is 0.671. The summed E-state index contributed by atoms with van der Waals surface area (Å²) in [5, 5.41) is 10.6. The molecule has 0 aliphatic rings. The van der Waals surface area contributed by atoms with Crippen molar-refractivity contribution in [2.45, 2.75) is 13.3 Å². The van der Waals surface area contributed by atoms with Crippen LogP contribution in [-0.4, -0.2) is 33.3 Å². The molecule has 0 saturated heterocycles. The largest absolute Gasteiger partial charge is 0.477 e. The maximum atomic E-state index is 5.58. The quantitative estimate of drug-likeness (QED) is 0.587. The molecule has 0 spiro atoms. The first kappa shape index (κ1) is 11.4. The van der Waals surface area contributed by atoms with Crippen molar-refractivity contribution in [3.63, 3.8) is 0 Å². The minimum Gasteiger partial charge on any atom is -0.477 e. The summed E-state index contributed by atoms with van der Waals surface area (Å²) < 4.78 is 5.58. The smallest absolute Gasteiger partial charge is 0.229 e. The van der Waals surface area contributed by atoms with E-state index >= 15 is 0 Å². The van der Waals surface area contributed by atoms with Crippen LogP contribution < -0.4 is 10.1 Å². The van der Waals surface area contributed by atoms with E-state index in [0.29, 0.717) is 24.1 Å². The Morgan fingerprint density at radius 1 is 1.53 bits per heavy atom. The van der Waals surface area contributed by atoms with Crippen LogP contribution in [0.5, 0.6) is 5.88 Å². The number of hydrogen-bond donors (Lipinski definition) is 2. The summed E-state index contributed by atoms with van der Waals surface area (Å²) in [7, 11) is 0. The average Bonchev–Trinajstić information content (AvgIpc) is 2.78. The molecule has 0 fully saturated rings. The molecule has 0 aliphatic carbocycles. The van der Waals surface area contributed by atoms with Gasteiger partial charge in [0.25, 0.3) is 0 Å². The van der Waals surface area contributed by atoms with Crippen LogP contribution in [0, 0.1) is 0 Å². The maximum Gasteiger partial charge on any atom is 0.229 e. The molecule has 2 rings (SSSR count). The Morgan fingerprint density at radius 2 is 2.41 bits per heavy atom. The van der Waals surface area contributed by atoms with Gasteiger partial charge in [-0.25, -0.2) is 0 Å². The molecule has 0 radical (unpaired) electrons. The fraction of sp³-hybridized carbons (Fsp3) is 0.364. The van der Waals surface area contributed by atoms with Crippen molar-refractivity contribution in [1.29, 1.82) is 0 Å². The van der Waals surface area contributed by atoms with E-state index < -0.39 is 0 Å². The zero-order chi connectivity index (χ0) is 12.1. The molecule has 0 bridgehead atoms. The van der Waals surface area contributed by atoms with Crippen molar-refractivity contribution in [3.8, 4) is 5.88 Å². The van der Waals surface area contributed by atoms with Crippen LogP contribution in [0.3, 0.4) is 0 Å². The van der Waals surface area contributed by atoms with Crippen LogP contribution in [0.25, 0.3) is 11.0 Å². The predicted molar refractivity (Wildman–Crippen MR) is 66.2 cm³/mol. The van der Waals surface area contributed by atoms with Crippen molar-refractivity contribution in [1.82, 2.24) is 20.2 Å². The van der Waals surface area contributed by atoms with Gasteiger partial charge in [-0.15, -0.1) is 6.58 Å². The first-order chi connectivity index (χ1) is 8.35. The van der Waals surface area contributed by atoms with Gasteiger partial charge < -0.3 is 10.1 Å². The molecule has 2 heterocycles. The molecule has 6 heteroatoms. The minimum atomic E-state index is 0.540. The van der Waals surface area contributed by atoms with E-state index in [9.17, 15) is 0 Å². The first-order valence-electron chi connectivity index (χ1n) is 5.53. The summed E-state index contributed by atoms with van der Waals surface area (Å²) in [6.07, 6.45) is 4.24. The van der Waals surface area contributed by atoms with Crippen LogP contribution >= 0.6 is 0 Å². The molecular formula is C11H15N5O. The Bertz CT molecular complexity index is 508. The topological polar surface area (TPSA) is 75.7 Å². The van der Waals surface area contributed by atoms with E-state index in [4.69, 9.17) is 4.74 Å². The van der Waals surface area contributed by atoms with E-state index in [2.05, 4.69) is 32.1 Å². The number of nitrogens with one attached hydrogen (secondary N) is 2. The lowest BCUT2D eigenvalue weighted by atomic mass is 10.4. The average molecular weight is 233 g/mol. The van der Waals surface area contributed by atoms with Gasteiger partial charge in [-0.3, -0.25) is 5.10 Å². The summed E-state index contributed by atoms with van der Waals surface area (Å²) in [4.78, 5) is 8.57. The van der Waals surface area contributed by atoms with Gasteiger partial charge >= 0.3 is 0 Å². The normalized spacial score (nSPS) is 10.4. The number of fused-ring (bicyclic) bond motifs is 1. The van der Waals surface area contributed by atoms with Crippen molar-refractivity contribution >= 4 is 17.0 Å². The van der Waals surface area contributed by atoms with Crippen molar-refractivity contribution in [2.75, 3.05) is 18.5 Å². The number of rotatable bonds is 6. The third-order valence-electron chi connectivity index (χ3n) is 2.17. The molecule has 17 heavy (non-hydrogen) atoms. The van der Waals surface area contributed by atoms with Gasteiger partial charge in [0, 0.05) is 6.54 Å². The third-order valence-corrected chi connectivity index (χ3v) is 2.17. The number of aromatic amines is 1. The Kier molecular flexibility index (Phi) is 3.54. The molecule has 2 aromatic rings. The number of hydrogen-bond acceptors (Lipinski definition) is 5. The molecule has 0 saturated carbocycles. The lowest BCUT2D eigenvalue weighted by Crippen LogP contribution is -2.05. The Balaban J connectivity index is 2.29. The number of anilines is 1. The second kappa shape index (κ2) is 5.29. The lowest BCUT2D eigenvalue weighted by molar-refractivity contribution is 0.316. The Hall–Kier alpha value is -2.11. The maximum absolute atomic E-state index is 5.58. The molecule has 0 atom stereocenters. The highest BCUT2D eigenvalue weighted by Crippen LogP contribution is 2.22. The highest BCUT2D eigenvalue weighted by atomic mass is 16.5. The van der Waals surface area contributed by atoms with Gasteiger partial charge in [-0.05, 0) is 13.3 Å². The van der Waals surface area contributed by atoms with Gasteiger partial charge in [0.05, 0.1) is 12.8 Å². The first-order valence-corrected chi connectivity index (χ1v) is 5.53. The zero-order valence-corrected chi connectivity index (χ0v) is 9.73. The number of H-pyrrole nitrogens is 1. The molecule has 0 amide bonds. The summed E-state index contributed by atoms with van der Waals surface area (Å²) in [6.45, 7) is 6.94. The molecule has 0 aliphatic heterocycles. The third kappa shape index (κ3) is 2.52. The lowest BCUT2D eigenvalue weighted by Gasteiger charge is -2.07. The molecule has 90 valence electrons. The van der Waals surface area contributed by atoms with E-state index in [-0.39, 0.29) is 0 Å². The monoisotopic (exact) mass is 233 g/mol. The second-order valence-electron chi connectivity index (χ2n) is 3.44. The zero-order valence-electron chi connectivity index (χ0n) is 9.73. The number of ether oxygens (including phenoxy) is 1. The standard InChI is InChI=1S/C11H15N5O/c1-3-5-6-17-10-8-7-13-16-9(8)14-11(15-10)12-4-2/h3,7H,1,4-6H2,2H3,(H2,12,13,14,15,16). The van der Waals surface area contributed by atoms with Crippen molar-refractivity contribution in [3.05, 3.63) is 18.9 Å². The van der Waals surface area contributed by atoms with Gasteiger partial charge in [-0.1, -0.05) is 6.08 Å². The molecule has 2 N–H and O–H groups in total. The summed E-state index contributed by atoms with van der Waals surface area (Å²) in [6, 6.07) is 0. The van der Waals surface area contributed by atoms with Gasteiger partial charge in [0.2, 0.25) is 11.8 Å². The van der Waals surface area contributed by atoms with E-state index in [1.165, 1.54) is 0 Å². The molecular weight excluding hydrogens is 218 g/mol. The fourth-order valence-corrected chi connectivity index (χ4v) is 1.39.